The zero-order valence-electron chi connectivity index (χ0n) is 12.3. The average Bonchev–Trinajstić information content (AvgIpc) is 2.95. The molecule has 0 saturated heterocycles. The monoisotopic (exact) mass is 304 g/mol. The number of hydrogen-bond donors (Lipinski definition) is 1. The van der Waals surface area contributed by atoms with E-state index in [1.807, 2.05) is 0 Å². The lowest BCUT2D eigenvalue weighted by atomic mass is 10.1. The van der Waals surface area contributed by atoms with Crippen LogP contribution in [0, 0.1) is 0 Å². The Hall–Kier alpha value is -2.83. The minimum absolute atomic E-state index is 0.0641. The van der Waals surface area contributed by atoms with E-state index in [4.69, 9.17) is 14.6 Å². The van der Waals surface area contributed by atoms with Crippen molar-refractivity contribution in [3.8, 4) is 22.8 Å². The Morgan fingerprint density at radius 1 is 1.32 bits per heavy atom. The molecule has 0 aliphatic carbocycles. The number of hydrogen-bond acceptors (Lipinski definition) is 5. The number of aryl methyl sites for hydroxylation is 1. The molecular formula is C15H16N2O5. The van der Waals surface area contributed by atoms with Gasteiger partial charge in [0.2, 0.25) is 0 Å². The maximum absolute atomic E-state index is 11.2. The molecule has 1 N–H and O–H groups in total. The van der Waals surface area contributed by atoms with E-state index < -0.39 is 5.97 Å². The van der Waals surface area contributed by atoms with E-state index >= 15 is 0 Å². The van der Waals surface area contributed by atoms with Crippen molar-refractivity contribution in [3.63, 3.8) is 0 Å². The van der Waals surface area contributed by atoms with Crippen molar-refractivity contribution in [1.82, 2.24) is 9.78 Å². The van der Waals surface area contributed by atoms with E-state index in [0.29, 0.717) is 34.6 Å². The number of aliphatic carboxylic acids is 1. The molecule has 0 atom stereocenters. The molecule has 1 aromatic heterocycles. The molecule has 2 aromatic rings. The Bertz CT molecular complexity index is 693. The van der Waals surface area contributed by atoms with Gasteiger partial charge in [-0.05, 0) is 18.2 Å². The molecule has 0 aliphatic rings. The van der Waals surface area contributed by atoms with Crippen molar-refractivity contribution in [2.24, 2.45) is 0 Å². The molecule has 2 rings (SSSR count). The molecule has 1 aromatic carbocycles. The zero-order valence-corrected chi connectivity index (χ0v) is 12.3. The Balaban J connectivity index is 2.38. The van der Waals surface area contributed by atoms with Crippen LogP contribution in [0.1, 0.15) is 16.8 Å². The van der Waals surface area contributed by atoms with Crippen LogP contribution in [0.4, 0.5) is 0 Å². The second-order valence-electron chi connectivity index (χ2n) is 4.53. The number of carbonyl (C=O) groups excluding carboxylic acids is 1. The molecule has 0 aliphatic heterocycles. The third-order valence-electron chi connectivity index (χ3n) is 3.13. The largest absolute Gasteiger partial charge is 0.493 e. The second-order valence-corrected chi connectivity index (χ2v) is 4.53. The van der Waals surface area contributed by atoms with Crippen LogP contribution in [0.2, 0.25) is 0 Å². The fraction of sp³-hybridized carbons (Fsp3) is 0.267. The van der Waals surface area contributed by atoms with Crippen molar-refractivity contribution < 1.29 is 24.2 Å². The maximum atomic E-state index is 11.2. The molecule has 116 valence electrons. The topological polar surface area (TPSA) is 90.7 Å². The Morgan fingerprint density at radius 2 is 2.05 bits per heavy atom. The van der Waals surface area contributed by atoms with E-state index in [9.17, 15) is 9.59 Å². The number of carboxylic acid groups (broad SMARTS) is 1. The highest BCUT2D eigenvalue weighted by atomic mass is 16.5. The molecule has 0 unspecified atom stereocenters. The first-order valence-electron chi connectivity index (χ1n) is 6.56. The van der Waals surface area contributed by atoms with Crippen LogP contribution >= 0.6 is 0 Å². The molecule has 0 fully saturated rings. The highest BCUT2D eigenvalue weighted by molar-refractivity contribution is 5.85. The predicted octanol–water partition coefficient (Wildman–Crippen LogP) is 1.85. The van der Waals surface area contributed by atoms with Gasteiger partial charge in [-0.2, -0.15) is 5.10 Å². The lowest BCUT2D eigenvalue weighted by molar-refractivity contribution is -0.137. The minimum atomic E-state index is -0.921. The SMILES string of the molecule is COc1ccc(-c2nn(CCC(=O)O)cc2C=O)cc1OC. The summed E-state index contributed by atoms with van der Waals surface area (Å²) in [6, 6.07) is 5.20. The van der Waals surface area contributed by atoms with Gasteiger partial charge in [0.05, 0.1) is 32.7 Å². The number of ether oxygens (including phenoxy) is 2. The maximum Gasteiger partial charge on any atom is 0.305 e. The molecule has 0 bridgehead atoms. The fourth-order valence-corrected chi connectivity index (χ4v) is 2.06. The van der Waals surface area contributed by atoms with E-state index in [2.05, 4.69) is 5.10 Å². The smallest absolute Gasteiger partial charge is 0.305 e. The third kappa shape index (κ3) is 3.25. The number of benzene rings is 1. The lowest BCUT2D eigenvalue weighted by Gasteiger charge is -2.08. The summed E-state index contributed by atoms with van der Waals surface area (Å²) in [6.07, 6.45) is 2.16. The van der Waals surface area contributed by atoms with Gasteiger partial charge in [-0.25, -0.2) is 0 Å². The van der Waals surface area contributed by atoms with Crippen LogP contribution in [-0.4, -0.2) is 41.4 Å². The van der Waals surface area contributed by atoms with Crippen molar-refractivity contribution >= 4 is 12.3 Å². The number of nitrogens with zero attached hydrogens (tertiary/aromatic N) is 2. The summed E-state index contributed by atoms with van der Waals surface area (Å²) in [5.74, 6) is 0.178. The quantitative estimate of drug-likeness (QED) is 0.785. The number of aromatic nitrogens is 2. The first-order valence-corrected chi connectivity index (χ1v) is 6.56. The standard InChI is InChI=1S/C15H16N2O5/c1-21-12-4-3-10(7-13(12)22-2)15-11(9-18)8-17(16-15)6-5-14(19)20/h3-4,7-9H,5-6H2,1-2H3,(H,19,20). The number of aldehydes is 1. The average molecular weight is 304 g/mol. The molecule has 7 nitrogen and oxygen atoms in total. The van der Waals surface area contributed by atoms with E-state index in [0.717, 1.165) is 0 Å². The third-order valence-corrected chi connectivity index (χ3v) is 3.13. The Kier molecular flexibility index (Phi) is 4.77. The number of methoxy groups -OCH3 is 2. The summed E-state index contributed by atoms with van der Waals surface area (Å²) in [4.78, 5) is 21.8. The van der Waals surface area contributed by atoms with Gasteiger partial charge in [-0.3, -0.25) is 14.3 Å². The van der Waals surface area contributed by atoms with Gasteiger partial charge in [0.1, 0.15) is 5.69 Å². The van der Waals surface area contributed by atoms with Crippen LogP contribution in [0.25, 0.3) is 11.3 Å². The Labute approximate surface area is 127 Å². The summed E-state index contributed by atoms with van der Waals surface area (Å²) < 4.78 is 11.8. The van der Waals surface area contributed by atoms with E-state index in [-0.39, 0.29) is 13.0 Å². The fourth-order valence-electron chi connectivity index (χ4n) is 2.06. The summed E-state index contributed by atoms with van der Waals surface area (Å²) in [5, 5.41) is 13.0. The Morgan fingerprint density at radius 3 is 2.64 bits per heavy atom. The molecule has 0 radical (unpaired) electrons. The molecule has 0 spiro atoms. The molecule has 0 amide bonds. The summed E-state index contributed by atoms with van der Waals surface area (Å²) in [7, 11) is 3.06. The van der Waals surface area contributed by atoms with E-state index in [1.54, 1.807) is 18.2 Å². The zero-order chi connectivity index (χ0) is 16.1. The van der Waals surface area contributed by atoms with Gasteiger partial charge in [-0.1, -0.05) is 0 Å². The van der Waals surface area contributed by atoms with Gasteiger partial charge in [0.25, 0.3) is 0 Å². The summed E-state index contributed by atoms with van der Waals surface area (Å²) >= 11 is 0. The van der Waals surface area contributed by atoms with Crippen LogP contribution in [0.3, 0.4) is 0 Å². The normalized spacial score (nSPS) is 10.3. The van der Waals surface area contributed by atoms with Crippen molar-refractivity contribution in [2.45, 2.75) is 13.0 Å². The van der Waals surface area contributed by atoms with Crippen LogP contribution in [0.15, 0.2) is 24.4 Å². The van der Waals surface area contributed by atoms with Gasteiger partial charge in [0.15, 0.2) is 17.8 Å². The highest BCUT2D eigenvalue weighted by Gasteiger charge is 2.14. The van der Waals surface area contributed by atoms with Gasteiger partial charge < -0.3 is 14.6 Å². The van der Waals surface area contributed by atoms with Gasteiger partial charge in [0, 0.05) is 11.8 Å². The number of carbonyl (C=O) groups is 2. The van der Waals surface area contributed by atoms with Crippen LogP contribution < -0.4 is 9.47 Å². The molecule has 22 heavy (non-hydrogen) atoms. The second kappa shape index (κ2) is 6.75. The van der Waals surface area contributed by atoms with Gasteiger partial charge in [-0.15, -0.1) is 0 Å². The van der Waals surface area contributed by atoms with E-state index in [1.165, 1.54) is 25.1 Å². The van der Waals surface area contributed by atoms with Crippen molar-refractivity contribution in [3.05, 3.63) is 30.0 Å². The van der Waals surface area contributed by atoms with Crippen LogP contribution in [0.5, 0.6) is 11.5 Å². The van der Waals surface area contributed by atoms with Gasteiger partial charge >= 0.3 is 5.97 Å². The molecule has 1 heterocycles. The van der Waals surface area contributed by atoms with Crippen molar-refractivity contribution in [2.75, 3.05) is 14.2 Å². The molecule has 7 heteroatoms. The first-order chi connectivity index (χ1) is 10.6. The minimum Gasteiger partial charge on any atom is -0.493 e. The molecular weight excluding hydrogens is 288 g/mol. The summed E-state index contributed by atoms with van der Waals surface area (Å²) in [6.45, 7) is 0.198. The van der Waals surface area contributed by atoms with Crippen LogP contribution in [-0.2, 0) is 11.3 Å². The number of carboxylic acids is 1. The predicted molar refractivity (Wildman–Crippen MR) is 78.4 cm³/mol. The highest BCUT2D eigenvalue weighted by Crippen LogP contribution is 2.32. The lowest BCUT2D eigenvalue weighted by Crippen LogP contribution is -2.04. The first kappa shape index (κ1) is 15.6. The molecule has 0 saturated carbocycles. The van der Waals surface area contributed by atoms with Crippen molar-refractivity contribution in [1.29, 1.82) is 0 Å². The number of rotatable bonds is 7. The summed E-state index contributed by atoms with van der Waals surface area (Å²) in [5.41, 5.74) is 1.55.